The summed E-state index contributed by atoms with van der Waals surface area (Å²) < 4.78 is 5.73. The Kier molecular flexibility index (Phi) is 5.02. The number of urea groups is 1. The molecular weight excluding hydrogens is 356 g/mol. The monoisotopic (exact) mass is 384 g/mol. The average Bonchev–Trinajstić information content (AvgIpc) is 3.10. The summed E-state index contributed by atoms with van der Waals surface area (Å²) in [6.07, 6.45) is 4.58. The largest absolute Gasteiger partial charge is 0.459 e. The molecule has 2 aliphatic rings. The van der Waals surface area contributed by atoms with Gasteiger partial charge in [-0.1, -0.05) is 18.6 Å². The predicted molar refractivity (Wildman–Crippen MR) is 108 cm³/mol. The van der Waals surface area contributed by atoms with Gasteiger partial charge in [-0.15, -0.1) is 0 Å². The van der Waals surface area contributed by atoms with Gasteiger partial charge >= 0.3 is 6.03 Å². The number of hydrogen-bond donors (Lipinski definition) is 2. The smallest absolute Gasteiger partial charge is 0.321 e. The lowest BCUT2D eigenvalue weighted by atomic mass is 9.83. The van der Waals surface area contributed by atoms with Gasteiger partial charge in [-0.2, -0.15) is 0 Å². The molecule has 0 atom stereocenters. The second-order valence-electron chi connectivity index (χ2n) is 7.94. The summed E-state index contributed by atoms with van der Waals surface area (Å²) in [6, 6.07) is 7.48. The lowest BCUT2D eigenvalue weighted by Gasteiger charge is -2.48. The van der Waals surface area contributed by atoms with Crippen molar-refractivity contribution in [1.82, 2.24) is 9.80 Å². The normalized spacial score (nSPS) is 20.2. The van der Waals surface area contributed by atoms with Gasteiger partial charge in [0.25, 0.3) is 0 Å². The van der Waals surface area contributed by atoms with E-state index in [9.17, 15) is 9.59 Å². The Morgan fingerprint density at radius 3 is 2.50 bits per heavy atom. The minimum absolute atomic E-state index is 0.168. The van der Waals surface area contributed by atoms with Crippen molar-refractivity contribution in [3.05, 3.63) is 30.0 Å². The molecule has 3 N–H and O–H groups in total. The van der Waals surface area contributed by atoms with Crippen molar-refractivity contribution in [2.24, 2.45) is 5.73 Å². The molecule has 0 spiro atoms. The van der Waals surface area contributed by atoms with Crippen LogP contribution in [-0.2, 0) is 4.79 Å². The zero-order chi connectivity index (χ0) is 19.7. The van der Waals surface area contributed by atoms with E-state index in [1.165, 1.54) is 6.42 Å². The van der Waals surface area contributed by atoms with Crippen LogP contribution in [0.3, 0.4) is 0 Å². The van der Waals surface area contributed by atoms with Crippen LogP contribution in [0.5, 0.6) is 0 Å². The number of furan rings is 1. The number of para-hydroxylation sites is 1. The summed E-state index contributed by atoms with van der Waals surface area (Å²) in [5, 5.41) is 3.93. The number of benzene rings is 1. The first-order valence-corrected chi connectivity index (χ1v) is 10.1. The fraction of sp³-hybridized carbons (Fsp3) is 0.524. The molecule has 1 aromatic heterocycles. The van der Waals surface area contributed by atoms with Gasteiger partial charge < -0.3 is 20.4 Å². The Balaban J connectivity index is 1.45. The van der Waals surface area contributed by atoms with Crippen LogP contribution < -0.4 is 11.1 Å². The van der Waals surface area contributed by atoms with Crippen LogP contribution in [-0.4, -0.2) is 53.5 Å². The van der Waals surface area contributed by atoms with Crippen LogP contribution in [0.2, 0.25) is 0 Å². The summed E-state index contributed by atoms with van der Waals surface area (Å²) in [7, 11) is 0. The lowest BCUT2D eigenvalue weighted by Crippen LogP contribution is -2.64. The number of nitrogens with two attached hydrogens (primary N) is 1. The number of nitrogens with zero attached hydrogens (tertiary/aromatic N) is 2. The number of carbonyl (C=O) groups excluding carboxylic acids is 2. The number of hydrogen-bond acceptors (Lipinski definition) is 4. The Bertz CT molecular complexity index is 877. The van der Waals surface area contributed by atoms with E-state index in [0.717, 1.165) is 37.1 Å². The summed E-state index contributed by atoms with van der Waals surface area (Å²) in [5.41, 5.74) is 6.57. The third kappa shape index (κ3) is 3.35. The number of nitrogens with one attached hydrogen (secondary N) is 1. The van der Waals surface area contributed by atoms with E-state index in [4.69, 9.17) is 10.2 Å². The fourth-order valence-corrected chi connectivity index (χ4v) is 4.60. The number of aryl methyl sites for hydroxylation is 1. The Labute approximate surface area is 164 Å². The average molecular weight is 384 g/mol. The van der Waals surface area contributed by atoms with Crippen molar-refractivity contribution in [2.75, 3.05) is 31.5 Å². The molecule has 2 aromatic rings. The molecule has 0 saturated carbocycles. The molecule has 0 aliphatic carbocycles. The Morgan fingerprint density at radius 1 is 1.11 bits per heavy atom. The van der Waals surface area contributed by atoms with E-state index < -0.39 is 5.54 Å². The third-order valence-electron chi connectivity index (χ3n) is 6.21. The molecule has 1 aromatic carbocycles. The number of anilines is 1. The maximum atomic E-state index is 12.8. The van der Waals surface area contributed by atoms with Gasteiger partial charge in [0.15, 0.2) is 5.58 Å². The van der Waals surface area contributed by atoms with Gasteiger partial charge in [0.05, 0.1) is 5.69 Å². The first-order valence-electron chi connectivity index (χ1n) is 10.1. The van der Waals surface area contributed by atoms with Crippen molar-refractivity contribution < 1.29 is 14.0 Å². The van der Waals surface area contributed by atoms with E-state index >= 15 is 0 Å². The quantitative estimate of drug-likeness (QED) is 0.851. The summed E-state index contributed by atoms with van der Waals surface area (Å²) >= 11 is 0. The van der Waals surface area contributed by atoms with Crippen molar-refractivity contribution in [3.63, 3.8) is 0 Å². The highest BCUT2D eigenvalue weighted by atomic mass is 16.3. The molecule has 4 rings (SSSR count). The van der Waals surface area contributed by atoms with Crippen molar-refractivity contribution in [1.29, 1.82) is 0 Å². The summed E-state index contributed by atoms with van der Waals surface area (Å²) in [4.78, 5) is 29.2. The summed E-state index contributed by atoms with van der Waals surface area (Å²) in [5.74, 6) is 0.549. The third-order valence-corrected chi connectivity index (χ3v) is 6.21. The van der Waals surface area contributed by atoms with Crippen LogP contribution in [0.1, 0.15) is 37.9 Å². The highest BCUT2D eigenvalue weighted by molar-refractivity contribution is 5.99. The minimum atomic E-state index is -0.616. The predicted octanol–water partition coefficient (Wildman–Crippen LogP) is 3.08. The van der Waals surface area contributed by atoms with E-state index in [1.54, 1.807) is 4.90 Å². The number of likely N-dealkylation sites (tertiary alicyclic amines) is 2. The van der Waals surface area contributed by atoms with Gasteiger partial charge in [0, 0.05) is 18.5 Å². The number of fused-ring (bicyclic) bond motifs is 1. The zero-order valence-corrected chi connectivity index (χ0v) is 16.4. The SMILES string of the molecule is Cc1cc2cccc(NC(=O)N3CCC(C(N)=O)(N4CCCCC4)CC3)c2o1. The fourth-order valence-electron chi connectivity index (χ4n) is 4.60. The van der Waals surface area contributed by atoms with Gasteiger partial charge in [-0.3, -0.25) is 9.69 Å². The number of primary amides is 1. The maximum absolute atomic E-state index is 12.8. The zero-order valence-electron chi connectivity index (χ0n) is 16.4. The first kappa shape index (κ1) is 18.8. The van der Waals surface area contributed by atoms with Crippen LogP contribution in [0, 0.1) is 6.92 Å². The highest BCUT2D eigenvalue weighted by Crippen LogP contribution is 2.32. The van der Waals surface area contributed by atoms with Gasteiger partial charge in [0.1, 0.15) is 11.3 Å². The number of carbonyl (C=O) groups is 2. The Morgan fingerprint density at radius 2 is 1.82 bits per heavy atom. The van der Waals surface area contributed by atoms with Crippen molar-refractivity contribution >= 4 is 28.6 Å². The van der Waals surface area contributed by atoms with Crippen LogP contribution in [0.15, 0.2) is 28.7 Å². The topological polar surface area (TPSA) is 91.8 Å². The molecule has 2 saturated heterocycles. The maximum Gasteiger partial charge on any atom is 0.321 e. The molecule has 2 aliphatic heterocycles. The molecule has 0 radical (unpaired) electrons. The van der Waals surface area contributed by atoms with Gasteiger partial charge in [-0.05, 0) is 57.8 Å². The van der Waals surface area contributed by atoms with Crippen molar-refractivity contribution in [2.45, 2.75) is 44.6 Å². The second-order valence-corrected chi connectivity index (χ2v) is 7.94. The molecule has 7 nitrogen and oxygen atoms in total. The minimum Gasteiger partial charge on any atom is -0.459 e. The molecule has 0 bridgehead atoms. The lowest BCUT2D eigenvalue weighted by molar-refractivity contribution is -0.134. The van der Waals surface area contributed by atoms with Gasteiger partial charge in [-0.25, -0.2) is 4.79 Å². The van der Waals surface area contributed by atoms with Crippen LogP contribution in [0.25, 0.3) is 11.0 Å². The van der Waals surface area contributed by atoms with Crippen molar-refractivity contribution in [3.8, 4) is 0 Å². The number of rotatable bonds is 3. The van der Waals surface area contributed by atoms with Gasteiger partial charge in [0.2, 0.25) is 5.91 Å². The highest BCUT2D eigenvalue weighted by Gasteiger charge is 2.45. The van der Waals surface area contributed by atoms with Crippen LogP contribution in [0.4, 0.5) is 10.5 Å². The van der Waals surface area contributed by atoms with E-state index in [1.807, 2.05) is 31.2 Å². The van der Waals surface area contributed by atoms with Crippen LogP contribution >= 0.6 is 0 Å². The molecular formula is C21H28N4O3. The molecule has 2 fully saturated rings. The molecule has 0 unspecified atom stereocenters. The molecule has 7 heteroatoms. The molecule has 3 amide bonds. The standard InChI is InChI=1S/C21H28N4O3/c1-15-14-16-6-5-7-17(18(16)28-15)23-20(27)24-12-8-21(9-13-24,19(22)26)25-10-3-2-4-11-25/h5-7,14H,2-4,8-13H2,1H3,(H2,22,26)(H,23,27). The number of amides is 3. The van der Waals surface area contributed by atoms with E-state index in [-0.39, 0.29) is 11.9 Å². The first-order chi connectivity index (χ1) is 13.5. The van der Waals surface area contributed by atoms with E-state index in [2.05, 4.69) is 10.2 Å². The molecule has 3 heterocycles. The number of piperidine rings is 2. The molecule has 28 heavy (non-hydrogen) atoms. The Hall–Kier alpha value is -2.54. The summed E-state index contributed by atoms with van der Waals surface area (Å²) in [6.45, 7) is 4.74. The second kappa shape index (κ2) is 7.47. The van der Waals surface area contributed by atoms with E-state index in [0.29, 0.717) is 37.2 Å². The molecule has 150 valence electrons.